The zero-order valence-corrected chi connectivity index (χ0v) is 29.5. The van der Waals surface area contributed by atoms with Crippen LogP contribution >= 0.6 is 0 Å². The number of ether oxygens (including phenoxy) is 3. The lowest BCUT2D eigenvalue weighted by Crippen LogP contribution is -2.63. The molecule has 0 spiro atoms. The fourth-order valence-corrected chi connectivity index (χ4v) is 9.82. The predicted molar refractivity (Wildman–Crippen MR) is 175 cm³/mol. The van der Waals surface area contributed by atoms with Crippen molar-refractivity contribution in [2.24, 2.45) is 39.9 Å². The summed E-state index contributed by atoms with van der Waals surface area (Å²) in [6.45, 7) is 24.4. The minimum absolute atomic E-state index is 0.0331. The largest absolute Gasteiger partial charge is 0.458 e. The van der Waals surface area contributed by atoms with Crippen LogP contribution in [0.15, 0.2) is 34.9 Å². The summed E-state index contributed by atoms with van der Waals surface area (Å²) >= 11 is 0. The molecule has 0 heterocycles. The molecule has 4 aliphatic rings. The average Bonchev–Trinajstić information content (AvgIpc) is 3.32. The summed E-state index contributed by atoms with van der Waals surface area (Å²) < 4.78 is 18.2. The van der Waals surface area contributed by atoms with E-state index in [9.17, 15) is 19.5 Å². The van der Waals surface area contributed by atoms with Gasteiger partial charge in [0.1, 0.15) is 24.4 Å². The van der Waals surface area contributed by atoms with Gasteiger partial charge < -0.3 is 19.3 Å². The number of carbonyl (C=O) groups is 3. The number of esters is 3. The Hall–Kier alpha value is -2.41. The van der Waals surface area contributed by atoms with E-state index in [2.05, 4.69) is 61.1 Å². The third-order valence-electron chi connectivity index (χ3n) is 12.2. The van der Waals surface area contributed by atoms with Gasteiger partial charge in [0.2, 0.25) is 0 Å². The van der Waals surface area contributed by atoms with Crippen molar-refractivity contribution in [3.63, 3.8) is 0 Å². The van der Waals surface area contributed by atoms with Crippen molar-refractivity contribution < 1.29 is 33.7 Å². The van der Waals surface area contributed by atoms with Gasteiger partial charge in [0, 0.05) is 30.6 Å². The highest BCUT2D eigenvalue weighted by atomic mass is 16.6. The zero-order valence-electron chi connectivity index (χ0n) is 29.5. The molecular formula is C38H58O7. The lowest BCUT2D eigenvalue weighted by molar-refractivity contribution is -0.209. The lowest BCUT2D eigenvalue weighted by Gasteiger charge is -2.62. The van der Waals surface area contributed by atoms with Crippen LogP contribution in [0.5, 0.6) is 0 Å². The molecule has 0 aliphatic heterocycles. The van der Waals surface area contributed by atoms with Crippen LogP contribution in [0.3, 0.4) is 0 Å². The van der Waals surface area contributed by atoms with Crippen LogP contribution in [0.25, 0.3) is 0 Å². The van der Waals surface area contributed by atoms with Crippen LogP contribution in [0.2, 0.25) is 0 Å². The first kappa shape index (κ1) is 35.4. The Morgan fingerprint density at radius 2 is 1.62 bits per heavy atom. The molecular weight excluding hydrogens is 568 g/mol. The van der Waals surface area contributed by atoms with Gasteiger partial charge in [-0.1, -0.05) is 80.5 Å². The number of aliphatic hydroxyl groups excluding tert-OH is 1. The molecule has 1 saturated carbocycles. The van der Waals surface area contributed by atoms with Crippen molar-refractivity contribution in [3.8, 4) is 0 Å². The highest BCUT2D eigenvalue weighted by Gasteiger charge is 2.66. The summed E-state index contributed by atoms with van der Waals surface area (Å²) in [5.41, 5.74) is 2.86. The number of carbonyl (C=O) groups excluding carboxylic acids is 3. The molecule has 2 unspecified atom stereocenters. The first-order chi connectivity index (χ1) is 20.9. The van der Waals surface area contributed by atoms with Gasteiger partial charge in [0.25, 0.3) is 0 Å². The van der Waals surface area contributed by atoms with E-state index in [1.807, 2.05) is 0 Å². The van der Waals surface area contributed by atoms with E-state index >= 15 is 0 Å². The third-order valence-corrected chi connectivity index (χ3v) is 12.2. The van der Waals surface area contributed by atoms with Crippen molar-refractivity contribution in [1.29, 1.82) is 0 Å². The van der Waals surface area contributed by atoms with E-state index < -0.39 is 46.6 Å². The van der Waals surface area contributed by atoms with Crippen molar-refractivity contribution in [1.82, 2.24) is 0 Å². The third kappa shape index (κ3) is 6.07. The first-order valence-electron chi connectivity index (χ1n) is 17.3. The maximum atomic E-state index is 12.7. The summed E-state index contributed by atoms with van der Waals surface area (Å²) in [5, 5.41) is 12.5. The van der Waals surface area contributed by atoms with E-state index in [1.54, 1.807) is 13.8 Å². The number of fused-ring (bicyclic) bond motifs is 4. The van der Waals surface area contributed by atoms with Gasteiger partial charge in [0.05, 0.1) is 0 Å². The zero-order chi connectivity index (χ0) is 33.6. The summed E-state index contributed by atoms with van der Waals surface area (Å²) in [6.07, 6.45) is 4.62. The number of allylic oxidation sites excluding steroid dienone is 3. The topological polar surface area (TPSA) is 99.1 Å². The second kappa shape index (κ2) is 13.0. The minimum atomic E-state index is -1.01. The van der Waals surface area contributed by atoms with E-state index in [0.29, 0.717) is 18.3 Å². The fraction of sp³-hybridized carbons (Fsp3) is 0.763. The molecule has 1 fully saturated rings. The second-order valence-electron chi connectivity index (χ2n) is 15.6. The number of rotatable bonds is 10. The van der Waals surface area contributed by atoms with Crippen molar-refractivity contribution in [2.45, 2.75) is 145 Å². The Morgan fingerprint density at radius 1 is 1.00 bits per heavy atom. The summed E-state index contributed by atoms with van der Waals surface area (Å²) in [4.78, 5) is 38.0. The monoisotopic (exact) mass is 626 g/mol. The van der Waals surface area contributed by atoms with Gasteiger partial charge in [-0.3, -0.25) is 14.4 Å². The van der Waals surface area contributed by atoms with Gasteiger partial charge in [-0.2, -0.15) is 0 Å². The molecule has 0 saturated heterocycles. The number of hydrogen-bond acceptors (Lipinski definition) is 7. The maximum absolute atomic E-state index is 12.7. The highest BCUT2D eigenvalue weighted by Crippen LogP contribution is 2.67. The Labute approximate surface area is 271 Å². The van der Waals surface area contributed by atoms with Crippen LogP contribution in [-0.4, -0.2) is 47.4 Å². The molecule has 0 radical (unpaired) electrons. The molecule has 0 bridgehead atoms. The van der Waals surface area contributed by atoms with Crippen LogP contribution in [0.1, 0.15) is 121 Å². The molecule has 252 valence electrons. The highest BCUT2D eigenvalue weighted by molar-refractivity contribution is 5.70. The predicted octanol–water partition coefficient (Wildman–Crippen LogP) is 7.66. The summed E-state index contributed by atoms with van der Waals surface area (Å²) in [7, 11) is 0. The molecule has 0 amide bonds. The van der Waals surface area contributed by atoms with Gasteiger partial charge >= 0.3 is 17.9 Å². The summed E-state index contributed by atoms with van der Waals surface area (Å²) in [5.74, 6) is -0.0658. The van der Waals surface area contributed by atoms with E-state index in [-0.39, 0.29) is 36.6 Å². The van der Waals surface area contributed by atoms with E-state index in [4.69, 9.17) is 14.2 Å². The first-order valence-corrected chi connectivity index (χ1v) is 17.3. The fourth-order valence-electron chi connectivity index (χ4n) is 9.82. The lowest BCUT2D eigenvalue weighted by atomic mass is 9.45. The van der Waals surface area contributed by atoms with Crippen molar-refractivity contribution >= 4 is 17.9 Å². The number of hydrogen-bond donors (Lipinski definition) is 1. The quantitative estimate of drug-likeness (QED) is 0.151. The smallest absolute Gasteiger partial charge is 0.305 e. The van der Waals surface area contributed by atoms with Gasteiger partial charge in [0.15, 0.2) is 0 Å². The summed E-state index contributed by atoms with van der Waals surface area (Å²) in [6, 6.07) is 0. The van der Waals surface area contributed by atoms with Crippen molar-refractivity contribution in [2.75, 3.05) is 0 Å². The molecule has 45 heavy (non-hydrogen) atoms. The van der Waals surface area contributed by atoms with Crippen molar-refractivity contribution in [3.05, 3.63) is 34.9 Å². The molecule has 7 nitrogen and oxygen atoms in total. The van der Waals surface area contributed by atoms with Crippen LogP contribution in [0.4, 0.5) is 0 Å². The molecule has 0 aromatic carbocycles. The Balaban J connectivity index is 1.81. The standard InChI is InChI=1S/C38H58O7/c1-12-30(40)44-28-20-37(10)29(36(8,9)34(28)45-31(41)13-2)19-16-25-27-18-17-26(23(6)15-14-22(5)21(3)4)38(27,11)35(43-24(7)39)33(42)32(25)37/h18,21,23,26,28-29,33-35,42H,5,12-17,19-20H2,1-4,6-11H3/t23-,26-,28-,29+,33-,34+,35+,37?,38?/m1/s1. The Kier molecular flexibility index (Phi) is 10.2. The van der Waals surface area contributed by atoms with E-state index in [1.165, 1.54) is 23.6 Å². The molecule has 1 N–H and O–H groups in total. The van der Waals surface area contributed by atoms with Crippen LogP contribution in [0, 0.1) is 39.9 Å². The average molecular weight is 627 g/mol. The van der Waals surface area contributed by atoms with Crippen LogP contribution in [-0.2, 0) is 28.6 Å². The SMILES string of the molecule is C=C(CC[C@@H](C)[C@H]1CC=C2C3=C([C@@H](O)[C@H](OC(C)=O)C21C)C1(C)C[C@@H](OC(=O)CC)[C@H](OC(=O)CC)C(C)(C)[C@@H]1CC3)C(C)C. The van der Waals surface area contributed by atoms with Gasteiger partial charge in [-0.05, 0) is 84.3 Å². The van der Waals surface area contributed by atoms with Gasteiger partial charge in [-0.15, -0.1) is 0 Å². The van der Waals surface area contributed by atoms with Gasteiger partial charge in [-0.25, -0.2) is 0 Å². The molecule has 4 aliphatic carbocycles. The molecule has 0 aromatic heterocycles. The Morgan fingerprint density at radius 3 is 2.20 bits per heavy atom. The molecule has 9 atom stereocenters. The normalized spacial score (nSPS) is 35.9. The van der Waals surface area contributed by atoms with E-state index in [0.717, 1.165) is 37.7 Å². The minimum Gasteiger partial charge on any atom is -0.458 e. The Bertz CT molecular complexity index is 1260. The second-order valence-corrected chi connectivity index (χ2v) is 15.6. The molecule has 0 aromatic rings. The molecule has 7 heteroatoms. The maximum Gasteiger partial charge on any atom is 0.305 e. The molecule has 4 rings (SSSR count). The van der Waals surface area contributed by atoms with Crippen LogP contribution < -0.4 is 0 Å². The number of aliphatic hydroxyl groups is 1.